The number of Topliss-reactive ketones (excluding diaryl/α,β-unsaturated/α-hetero) is 1. The molecule has 0 bridgehead atoms. The highest BCUT2D eigenvalue weighted by atomic mass is 16.5. The molecule has 1 heterocycles. The molecule has 0 saturated heterocycles. The van der Waals surface area contributed by atoms with Crippen LogP contribution < -0.4 is 10.5 Å². The van der Waals surface area contributed by atoms with Crippen LogP contribution in [0.2, 0.25) is 0 Å². The molecule has 98 valence electrons. The van der Waals surface area contributed by atoms with E-state index >= 15 is 0 Å². The first-order valence-corrected chi connectivity index (χ1v) is 6.48. The van der Waals surface area contributed by atoms with Gasteiger partial charge in [0.15, 0.2) is 5.78 Å². The third kappa shape index (κ3) is 2.88. The summed E-state index contributed by atoms with van der Waals surface area (Å²) in [4.78, 5) is 16.4. The number of pyridine rings is 1. The zero-order valence-electron chi connectivity index (χ0n) is 10.8. The lowest BCUT2D eigenvalue weighted by atomic mass is 9.79. The van der Waals surface area contributed by atoms with Crippen molar-refractivity contribution in [3.05, 3.63) is 24.0 Å². The third-order valence-electron chi connectivity index (χ3n) is 3.78. The minimum atomic E-state index is 0.127. The zero-order chi connectivity index (χ0) is 13.0. The number of nitrogens with two attached hydrogens (primary N) is 1. The van der Waals surface area contributed by atoms with E-state index in [2.05, 4.69) is 4.98 Å². The second-order valence-corrected chi connectivity index (χ2v) is 4.93. The number of hydrogen-bond donors (Lipinski definition) is 1. The molecule has 0 unspecified atom stereocenters. The molecule has 4 heteroatoms. The number of aromatic nitrogens is 1. The summed E-state index contributed by atoms with van der Waals surface area (Å²) in [6, 6.07) is 1.77. The predicted molar refractivity (Wildman–Crippen MR) is 69.6 cm³/mol. The molecule has 2 rings (SSSR count). The van der Waals surface area contributed by atoms with E-state index < -0.39 is 0 Å². The molecular formula is C14H20N2O2. The van der Waals surface area contributed by atoms with Crippen LogP contribution in [0.15, 0.2) is 18.5 Å². The van der Waals surface area contributed by atoms with E-state index in [1.165, 1.54) is 0 Å². The summed E-state index contributed by atoms with van der Waals surface area (Å²) >= 11 is 0. The van der Waals surface area contributed by atoms with Crippen molar-refractivity contribution in [2.75, 3.05) is 13.7 Å². The summed E-state index contributed by atoms with van der Waals surface area (Å²) in [6.07, 6.45) is 7.24. The fourth-order valence-electron chi connectivity index (χ4n) is 2.56. The molecule has 2 N–H and O–H groups in total. The lowest BCUT2D eigenvalue weighted by Crippen LogP contribution is -2.25. The Balaban J connectivity index is 2.03. The SMILES string of the molecule is COc1cncc(C(=O)C2CCC(CN)CC2)c1. The van der Waals surface area contributed by atoms with Crippen molar-refractivity contribution < 1.29 is 9.53 Å². The fourth-order valence-corrected chi connectivity index (χ4v) is 2.56. The lowest BCUT2D eigenvalue weighted by molar-refractivity contribution is 0.0873. The fraction of sp³-hybridized carbons (Fsp3) is 0.571. The number of methoxy groups -OCH3 is 1. The molecule has 0 spiro atoms. The monoisotopic (exact) mass is 248 g/mol. The van der Waals surface area contributed by atoms with Gasteiger partial charge in [-0.3, -0.25) is 9.78 Å². The van der Waals surface area contributed by atoms with Crippen LogP contribution in [-0.4, -0.2) is 24.4 Å². The van der Waals surface area contributed by atoms with Crippen LogP contribution in [0, 0.1) is 11.8 Å². The van der Waals surface area contributed by atoms with Gasteiger partial charge in [0.1, 0.15) is 5.75 Å². The smallest absolute Gasteiger partial charge is 0.167 e. The van der Waals surface area contributed by atoms with Crippen molar-refractivity contribution in [3.8, 4) is 5.75 Å². The van der Waals surface area contributed by atoms with Crippen molar-refractivity contribution in [3.63, 3.8) is 0 Å². The highest BCUT2D eigenvalue weighted by molar-refractivity contribution is 5.97. The molecule has 0 aliphatic heterocycles. The van der Waals surface area contributed by atoms with E-state index in [9.17, 15) is 4.79 Å². The topological polar surface area (TPSA) is 65.2 Å². The van der Waals surface area contributed by atoms with Crippen molar-refractivity contribution in [1.29, 1.82) is 0 Å². The minimum absolute atomic E-state index is 0.127. The molecule has 1 aromatic rings. The number of rotatable bonds is 4. The number of hydrogen-bond acceptors (Lipinski definition) is 4. The van der Waals surface area contributed by atoms with Crippen molar-refractivity contribution in [1.82, 2.24) is 4.98 Å². The van der Waals surface area contributed by atoms with E-state index in [0.29, 0.717) is 17.2 Å². The maximum Gasteiger partial charge on any atom is 0.167 e. The Hall–Kier alpha value is -1.42. The molecule has 1 aromatic heterocycles. The van der Waals surface area contributed by atoms with E-state index in [1.807, 2.05) is 0 Å². The van der Waals surface area contributed by atoms with Crippen LogP contribution in [0.3, 0.4) is 0 Å². The first-order chi connectivity index (χ1) is 8.74. The third-order valence-corrected chi connectivity index (χ3v) is 3.78. The van der Waals surface area contributed by atoms with Crippen LogP contribution in [0.4, 0.5) is 0 Å². The van der Waals surface area contributed by atoms with Gasteiger partial charge in [0.05, 0.1) is 13.3 Å². The number of carbonyl (C=O) groups excluding carboxylic acids is 1. The Labute approximate surface area is 108 Å². The first-order valence-electron chi connectivity index (χ1n) is 6.48. The van der Waals surface area contributed by atoms with Gasteiger partial charge in [0.25, 0.3) is 0 Å². The van der Waals surface area contributed by atoms with Gasteiger partial charge in [-0.2, -0.15) is 0 Å². The Morgan fingerprint density at radius 3 is 2.72 bits per heavy atom. The lowest BCUT2D eigenvalue weighted by Gasteiger charge is -2.26. The Morgan fingerprint density at radius 2 is 2.11 bits per heavy atom. The molecule has 0 radical (unpaired) electrons. The van der Waals surface area contributed by atoms with Gasteiger partial charge in [0, 0.05) is 17.7 Å². The summed E-state index contributed by atoms with van der Waals surface area (Å²) in [5.74, 6) is 1.55. The van der Waals surface area contributed by atoms with Crippen LogP contribution >= 0.6 is 0 Å². The van der Waals surface area contributed by atoms with E-state index in [4.69, 9.17) is 10.5 Å². The largest absolute Gasteiger partial charge is 0.495 e. The minimum Gasteiger partial charge on any atom is -0.495 e. The Bertz CT molecular complexity index is 412. The first kappa shape index (κ1) is 13.0. The number of carbonyl (C=O) groups is 1. The number of ketones is 1. The van der Waals surface area contributed by atoms with E-state index in [0.717, 1.165) is 32.2 Å². The van der Waals surface area contributed by atoms with E-state index in [-0.39, 0.29) is 11.7 Å². The maximum atomic E-state index is 12.3. The zero-order valence-corrected chi connectivity index (χ0v) is 10.8. The number of nitrogens with zero attached hydrogens (tertiary/aromatic N) is 1. The summed E-state index contributed by atoms with van der Waals surface area (Å²) in [6.45, 7) is 0.738. The molecular weight excluding hydrogens is 228 g/mol. The van der Waals surface area contributed by atoms with Gasteiger partial charge in [-0.15, -0.1) is 0 Å². The standard InChI is InChI=1S/C14H20N2O2/c1-18-13-6-12(8-16-9-13)14(17)11-4-2-10(7-15)3-5-11/h6,8-11H,2-5,7,15H2,1H3. The van der Waals surface area contributed by atoms with Gasteiger partial charge >= 0.3 is 0 Å². The highest BCUT2D eigenvalue weighted by Gasteiger charge is 2.26. The average Bonchev–Trinajstić information content (AvgIpc) is 2.46. The molecule has 1 saturated carbocycles. The maximum absolute atomic E-state index is 12.3. The summed E-state index contributed by atoms with van der Waals surface area (Å²) in [5, 5.41) is 0. The van der Waals surface area contributed by atoms with Crippen LogP contribution in [-0.2, 0) is 0 Å². The van der Waals surface area contributed by atoms with Crippen LogP contribution in [0.25, 0.3) is 0 Å². The second-order valence-electron chi connectivity index (χ2n) is 4.93. The molecule has 1 aliphatic rings. The molecule has 4 nitrogen and oxygen atoms in total. The normalized spacial score (nSPS) is 23.7. The number of ether oxygens (including phenoxy) is 1. The van der Waals surface area contributed by atoms with Crippen molar-refractivity contribution in [2.24, 2.45) is 17.6 Å². The van der Waals surface area contributed by atoms with Gasteiger partial charge in [0.2, 0.25) is 0 Å². The van der Waals surface area contributed by atoms with Crippen molar-refractivity contribution >= 4 is 5.78 Å². The van der Waals surface area contributed by atoms with E-state index in [1.54, 1.807) is 25.6 Å². The van der Waals surface area contributed by atoms with Gasteiger partial charge in [-0.1, -0.05) is 0 Å². The van der Waals surface area contributed by atoms with Crippen LogP contribution in [0.1, 0.15) is 36.0 Å². The quantitative estimate of drug-likeness (QED) is 0.828. The average molecular weight is 248 g/mol. The van der Waals surface area contributed by atoms with Gasteiger partial charge in [-0.25, -0.2) is 0 Å². The molecule has 1 aliphatic carbocycles. The van der Waals surface area contributed by atoms with Gasteiger partial charge < -0.3 is 10.5 Å². The Morgan fingerprint density at radius 1 is 1.39 bits per heavy atom. The molecule has 1 fully saturated rings. The molecule has 0 aromatic carbocycles. The van der Waals surface area contributed by atoms with Gasteiger partial charge in [-0.05, 0) is 44.2 Å². The summed E-state index contributed by atoms with van der Waals surface area (Å²) in [7, 11) is 1.58. The summed E-state index contributed by atoms with van der Waals surface area (Å²) in [5.41, 5.74) is 6.32. The molecule has 0 atom stereocenters. The molecule has 18 heavy (non-hydrogen) atoms. The van der Waals surface area contributed by atoms with Crippen LogP contribution in [0.5, 0.6) is 5.75 Å². The molecule has 0 amide bonds. The summed E-state index contributed by atoms with van der Waals surface area (Å²) < 4.78 is 5.10. The Kier molecular flexibility index (Phi) is 4.31. The van der Waals surface area contributed by atoms with Crippen molar-refractivity contribution in [2.45, 2.75) is 25.7 Å². The second kappa shape index (κ2) is 5.96. The predicted octanol–water partition coefficient (Wildman–Crippen LogP) is 2.04. The highest BCUT2D eigenvalue weighted by Crippen LogP contribution is 2.30.